The third kappa shape index (κ3) is 3.90. The number of methoxy groups -OCH3 is 1. The fourth-order valence-electron chi connectivity index (χ4n) is 2.90. The van der Waals surface area contributed by atoms with Crippen molar-refractivity contribution in [1.29, 1.82) is 0 Å². The van der Waals surface area contributed by atoms with Gasteiger partial charge in [0, 0.05) is 0 Å². The summed E-state index contributed by atoms with van der Waals surface area (Å²) in [7, 11) is 1.64. The lowest BCUT2D eigenvalue weighted by atomic mass is 9.97. The third-order valence-electron chi connectivity index (χ3n) is 4.27. The van der Waals surface area contributed by atoms with Gasteiger partial charge in [0.15, 0.2) is 0 Å². The SMILES string of the molecule is COc1ccccc1-c1nnc(C(C)c2ccc(CC(C)C)cc2)o1. The van der Waals surface area contributed by atoms with Gasteiger partial charge in [-0.15, -0.1) is 10.2 Å². The Bertz CT molecular complexity index is 822. The van der Waals surface area contributed by atoms with Gasteiger partial charge in [0.25, 0.3) is 5.89 Å². The molecule has 0 aliphatic heterocycles. The van der Waals surface area contributed by atoms with E-state index in [1.54, 1.807) is 7.11 Å². The van der Waals surface area contributed by atoms with Crippen molar-refractivity contribution in [2.24, 2.45) is 5.92 Å². The van der Waals surface area contributed by atoms with E-state index >= 15 is 0 Å². The van der Waals surface area contributed by atoms with Crippen molar-refractivity contribution >= 4 is 0 Å². The second-order valence-electron chi connectivity index (χ2n) is 6.71. The number of ether oxygens (including phenoxy) is 1. The maximum absolute atomic E-state index is 5.92. The summed E-state index contributed by atoms with van der Waals surface area (Å²) in [6.07, 6.45) is 1.09. The van der Waals surface area contributed by atoms with Crippen molar-refractivity contribution in [3.8, 4) is 17.2 Å². The molecule has 1 aromatic heterocycles. The Hall–Kier alpha value is -2.62. The molecule has 1 heterocycles. The molecule has 0 saturated carbocycles. The van der Waals surface area contributed by atoms with Crippen LogP contribution in [0.5, 0.6) is 5.75 Å². The van der Waals surface area contributed by atoms with Gasteiger partial charge in [-0.3, -0.25) is 0 Å². The molecule has 4 nitrogen and oxygen atoms in total. The Morgan fingerprint density at radius 2 is 1.68 bits per heavy atom. The molecule has 0 radical (unpaired) electrons. The van der Waals surface area contributed by atoms with Gasteiger partial charge in [0.1, 0.15) is 5.75 Å². The molecule has 0 saturated heterocycles. The maximum atomic E-state index is 5.92. The molecule has 0 bridgehead atoms. The standard InChI is InChI=1S/C21H24N2O2/c1-14(2)13-16-9-11-17(12-10-16)15(3)20-22-23-21(25-20)18-7-5-6-8-19(18)24-4/h5-12,14-15H,13H2,1-4H3. The number of hydrogen-bond donors (Lipinski definition) is 0. The summed E-state index contributed by atoms with van der Waals surface area (Å²) in [5, 5.41) is 8.44. The molecule has 0 aliphatic carbocycles. The summed E-state index contributed by atoms with van der Waals surface area (Å²) in [5.74, 6) is 2.52. The first-order valence-corrected chi connectivity index (χ1v) is 8.64. The summed E-state index contributed by atoms with van der Waals surface area (Å²) >= 11 is 0. The average Bonchev–Trinajstić information content (AvgIpc) is 3.11. The van der Waals surface area contributed by atoms with Crippen molar-refractivity contribution < 1.29 is 9.15 Å². The Morgan fingerprint density at radius 1 is 0.960 bits per heavy atom. The molecule has 0 aliphatic rings. The summed E-state index contributed by atoms with van der Waals surface area (Å²) < 4.78 is 11.3. The highest BCUT2D eigenvalue weighted by Crippen LogP contribution is 2.31. The van der Waals surface area contributed by atoms with Crippen molar-refractivity contribution in [2.75, 3.05) is 7.11 Å². The molecule has 0 fully saturated rings. The Morgan fingerprint density at radius 3 is 2.36 bits per heavy atom. The van der Waals surface area contributed by atoms with Crippen LogP contribution in [0.1, 0.15) is 43.7 Å². The van der Waals surface area contributed by atoms with Gasteiger partial charge in [-0.1, -0.05) is 50.2 Å². The van der Waals surface area contributed by atoms with E-state index in [4.69, 9.17) is 9.15 Å². The van der Waals surface area contributed by atoms with Gasteiger partial charge in [-0.2, -0.15) is 0 Å². The molecular formula is C21H24N2O2. The fourth-order valence-corrected chi connectivity index (χ4v) is 2.90. The van der Waals surface area contributed by atoms with Crippen molar-refractivity contribution in [3.63, 3.8) is 0 Å². The van der Waals surface area contributed by atoms with E-state index in [2.05, 4.69) is 55.2 Å². The summed E-state index contributed by atoms with van der Waals surface area (Å²) in [4.78, 5) is 0. The van der Waals surface area contributed by atoms with E-state index < -0.39 is 0 Å². The van der Waals surface area contributed by atoms with Crippen LogP contribution in [-0.2, 0) is 6.42 Å². The molecule has 4 heteroatoms. The number of nitrogens with zero attached hydrogens (tertiary/aromatic N) is 2. The van der Waals surface area contributed by atoms with Gasteiger partial charge in [-0.05, 0) is 42.5 Å². The molecule has 1 atom stereocenters. The zero-order valence-corrected chi connectivity index (χ0v) is 15.2. The lowest BCUT2D eigenvalue weighted by Gasteiger charge is -2.10. The zero-order valence-electron chi connectivity index (χ0n) is 15.2. The fraction of sp³-hybridized carbons (Fsp3) is 0.333. The predicted octanol–water partition coefficient (Wildman–Crippen LogP) is 5.10. The molecule has 3 rings (SSSR count). The van der Waals surface area contributed by atoms with E-state index in [-0.39, 0.29) is 5.92 Å². The monoisotopic (exact) mass is 336 g/mol. The largest absolute Gasteiger partial charge is 0.496 e. The molecule has 2 aromatic carbocycles. The molecule has 0 N–H and O–H groups in total. The van der Waals surface area contributed by atoms with E-state index in [9.17, 15) is 0 Å². The lowest BCUT2D eigenvalue weighted by molar-refractivity contribution is 0.413. The van der Waals surface area contributed by atoms with Crippen LogP contribution in [0.3, 0.4) is 0 Å². The Kier molecular flexibility index (Phi) is 5.17. The second-order valence-corrected chi connectivity index (χ2v) is 6.71. The number of hydrogen-bond acceptors (Lipinski definition) is 4. The maximum Gasteiger partial charge on any atom is 0.251 e. The van der Waals surface area contributed by atoms with E-state index in [1.807, 2.05) is 24.3 Å². The van der Waals surface area contributed by atoms with Crippen LogP contribution in [0.25, 0.3) is 11.5 Å². The van der Waals surface area contributed by atoms with Crippen LogP contribution in [0.4, 0.5) is 0 Å². The number of para-hydroxylation sites is 1. The molecule has 25 heavy (non-hydrogen) atoms. The minimum Gasteiger partial charge on any atom is -0.496 e. The quantitative estimate of drug-likeness (QED) is 0.628. The molecule has 1 unspecified atom stereocenters. The lowest BCUT2D eigenvalue weighted by Crippen LogP contribution is -1.98. The Labute approximate surface area is 148 Å². The van der Waals surface area contributed by atoms with Gasteiger partial charge < -0.3 is 9.15 Å². The second kappa shape index (κ2) is 7.51. The van der Waals surface area contributed by atoms with Gasteiger partial charge in [0.2, 0.25) is 5.89 Å². The molecule has 130 valence electrons. The molecule has 0 spiro atoms. The van der Waals surface area contributed by atoms with Crippen molar-refractivity contribution in [2.45, 2.75) is 33.1 Å². The zero-order chi connectivity index (χ0) is 17.8. The number of aromatic nitrogens is 2. The highest BCUT2D eigenvalue weighted by atomic mass is 16.5. The van der Waals surface area contributed by atoms with Crippen LogP contribution in [-0.4, -0.2) is 17.3 Å². The Balaban J connectivity index is 1.82. The van der Waals surface area contributed by atoms with Gasteiger partial charge in [0.05, 0.1) is 18.6 Å². The predicted molar refractivity (Wildman–Crippen MR) is 98.8 cm³/mol. The van der Waals surface area contributed by atoms with Crippen LogP contribution in [0, 0.1) is 5.92 Å². The normalized spacial score (nSPS) is 12.4. The highest BCUT2D eigenvalue weighted by molar-refractivity contribution is 5.62. The third-order valence-corrected chi connectivity index (χ3v) is 4.27. The van der Waals surface area contributed by atoms with E-state index in [0.717, 1.165) is 17.7 Å². The number of rotatable bonds is 6. The van der Waals surface area contributed by atoms with Crippen molar-refractivity contribution in [3.05, 3.63) is 65.5 Å². The highest BCUT2D eigenvalue weighted by Gasteiger charge is 2.18. The molecule has 3 aromatic rings. The van der Waals surface area contributed by atoms with Crippen LogP contribution in [0.15, 0.2) is 52.9 Å². The summed E-state index contributed by atoms with van der Waals surface area (Å²) in [5.41, 5.74) is 3.33. The topological polar surface area (TPSA) is 48.2 Å². The van der Waals surface area contributed by atoms with Crippen molar-refractivity contribution in [1.82, 2.24) is 10.2 Å². The number of benzene rings is 2. The molecule has 0 amide bonds. The van der Waals surface area contributed by atoms with Crippen LogP contribution in [0.2, 0.25) is 0 Å². The first-order chi connectivity index (χ1) is 12.1. The van der Waals surface area contributed by atoms with Gasteiger partial charge in [-0.25, -0.2) is 0 Å². The van der Waals surface area contributed by atoms with E-state index in [1.165, 1.54) is 11.1 Å². The minimum atomic E-state index is 0.0454. The van der Waals surface area contributed by atoms with E-state index in [0.29, 0.717) is 17.7 Å². The minimum absolute atomic E-state index is 0.0454. The average molecular weight is 336 g/mol. The summed E-state index contributed by atoms with van der Waals surface area (Å²) in [6.45, 7) is 6.54. The smallest absolute Gasteiger partial charge is 0.251 e. The van der Waals surface area contributed by atoms with Crippen LogP contribution < -0.4 is 4.74 Å². The first-order valence-electron chi connectivity index (χ1n) is 8.64. The summed E-state index contributed by atoms with van der Waals surface area (Å²) in [6, 6.07) is 16.3. The molecular weight excluding hydrogens is 312 g/mol. The van der Waals surface area contributed by atoms with Gasteiger partial charge >= 0.3 is 0 Å². The first kappa shape index (κ1) is 17.2. The van der Waals surface area contributed by atoms with Crippen LogP contribution >= 0.6 is 0 Å².